The zero-order valence-corrected chi connectivity index (χ0v) is 8.01. The highest BCUT2D eigenvalue weighted by molar-refractivity contribution is 6.58. The van der Waals surface area contributed by atoms with Crippen molar-refractivity contribution in [2.24, 2.45) is 0 Å². The van der Waals surface area contributed by atoms with Gasteiger partial charge in [0.25, 0.3) is 0 Å². The van der Waals surface area contributed by atoms with Gasteiger partial charge in [-0.15, -0.1) is 0 Å². The Kier molecular flexibility index (Phi) is 3.24. The highest BCUT2D eigenvalue weighted by Gasteiger charge is 2.31. The molecule has 0 aromatic carbocycles. The molecule has 0 aromatic rings. The third-order valence-corrected chi connectivity index (χ3v) is 2.44. The van der Waals surface area contributed by atoms with Gasteiger partial charge in [-0.25, -0.2) is 0 Å². The van der Waals surface area contributed by atoms with Crippen molar-refractivity contribution in [1.82, 2.24) is 9.80 Å². The topological polar surface area (TPSA) is 6.48 Å². The smallest absolute Gasteiger partial charge is 0.448 e. The normalized spacial score (nSPS) is 25.8. The molecule has 0 bridgehead atoms. The van der Waals surface area contributed by atoms with E-state index in [0.29, 0.717) is 13.1 Å². The maximum atomic E-state index is 12.0. The lowest BCUT2D eigenvalue weighted by Gasteiger charge is -2.24. The van der Waals surface area contributed by atoms with E-state index < -0.39 is 13.4 Å². The van der Waals surface area contributed by atoms with Crippen molar-refractivity contribution in [3.63, 3.8) is 0 Å². The van der Waals surface area contributed by atoms with Crippen LogP contribution in [0.2, 0.25) is 0 Å². The Hall–Kier alpha value is -0.225. The van der Waals surface area contributed by atoms with E-state index in [4.69, 9.17) is 0 Å². The Bertz CT molecular complexity index is 172. The Morgan fingerprint density at radius 1 is 1.38 bits per heavy atom. The molecule has 1 aliphatic rings. The van der Waals surface area contributed by atoms with Crippen LogP contribution in [-0.2, 0) is 0 Å². The second-order valence-corrected chi connectivity index (χ2v) is 3.88. The molecule has 6 heteroatoms. The molecule has 0 saturated carbocycles. The molecule has 0 N–H and O–H groups in total. The molecule has 0 amide bonds. The van der Waals surface area contributed by atoms with E-state index in [1.807, 2.05) is 19.0 Å². The van der Waals surface area contributed by atoms with E-state index in [1.54, 1.807) is 0 Å². The maximum absolute atomic E-state index is 12.0. The molecule has 0 aromatic heterocycles. The maximum Gasteiger partial charge on any atom is 0.492 e. The summed E-state index contributed by atoms with van der Waals surface area (Å²) in [6.45, 7) is -3.53. The van der Waals surface area contributed by atoms with Gasteiger partial charge in [0.1, 0.15) is 0 Å². The van der Waals surface area contributed by atoms with Crippen LogP contribution in [0.25, 0.3) is 0 Å². The largest absolute Gasteiger partial charge is 0.492 e. The van der Waals surface area contributed by atoms with E-state index in [9.17, 15) is 12.9 Å². The number of nitrogens with zero attached hydrogens (tertiary/aromatic N) is 2. The zero-order chi connectivity index (χ0) is 10.1. The van der Waals surface area contributed by atoms with Gasteiger partial charge in [-0.1, -0.05) is 0 Å². The number of likely N-dealkylation sites (N-methyl/N-ethyl adjacent to an activating group) is 1. The molecule has 1 saturated heterocycles. The first-order valence-electron chi connectivity index (χ1n) is 4.48. The van der Waals surface area contributed by atoms with Gasteiger partial charge in [-0.3, -0.25) is 0 Å². The molecule has 1 heterocycles. The first kappa shape index (κ1) is 10.9. The summed E-state index contributed by atoms with van der Waals surface area (Å²) in [4.78, 5) is 3.48. The van der Waals surface area contributed by atoms with E-state index in [0.717, 1.165) is 6.42 Å². The minimum absolute atomic E-state index is 0.290. The minimum Gasteiger partial charge on any atom is -0.448 e. The fourth-order valence-corrected chi connectivity index (χ4v) is 1.69. The Morgan fingerprint density at radius 2 is 2.00 bits per heavy atom. The summed E-state index contributed by atoms with van der Waals surface area (Å²) in [5.74, 6) is 0. The lowest BCUT2D eigenvalue weighted by Crippen LogP contribution is -2.38. The van der Waals surface area contributed by atoms with E-state index in [1.165, 1.54) is 4.90 Å². The summed E-state index contributed by atoms with van der Waals surface area (Å²) in [6, 6.07) is 0.290. The number of likely N-dealkylation sites (tertiary alicyclic amines) is 1. The molecule has 1 fully saturated rings. The quantitative estimate of drug-likeness (QED) is 0.620. The summed E-state index contributed by atoms with van der Waals surface area (Å²) >= 11 is 0. The number of halogens is 3. The zero-order valence-electron chi connectivity index (χ0n) is 8.01. The fraction of sp³-hybridized carbons (Fsp3) is 1.00. The highest BCUT2D eigenvalue weighted by Crippen LogP contribution is 2.17. The Balaban J connectivity index is 2.33. The van der Waals surface area contributed by atoms with Gasteiger partial charge in [0.05, 0.1) is 0 Å². The average Bonchev–Trinajstić information content (AvgIpc) is 2.31. The molecular formula is C7H15BF3N2-. The molecule has 1 unspecified atom stereocenters. The van der Waals surface area contributed by atoms with E-state index >= 15 is 0 Å². The van der Waals surface area contributed by atoms with Crippen molar-refractivity contribution < 1.29 is 12.9 Å². The van der Waals surface area contributed by atoms with Crippen LogP contribution in [0, 0.1) is 0 Å². The Morgan fingerprint density at radius 3 is 2.38 bits per heavy atom. The van der Waals surface area contributed by atoms with Crippen LogP contribution >= 0.6 is 0 Å². The third-order valence-electron chi connectivity index (χ3n) is 2.44. The van der Waals surface area contributed by atoms with Gasteiger partial charge in [0, 0.05) is 12.6 Å². The van der Waals surface area contributed by atoms with Crippen molar-refractivity contribution in [2.45, 2.75) is 12.5 Å². The monoisotopic (exact) mass is 195 g/mol. The second kappa shape index (κ2) is 3.88. The van der Waals surface area contributed by atoms with Crippen LogP contribution < -0.4 is 0 Å². The number of hydrogen-bond acceptors (Lipinski definition) is 2. The molecular weight excluding hydrogens is 180 g/mol. The molecule has 1 rings (SSSR count). The van der Waals surface area contributed by atoms with E-state index in [2.05, 4.69) is 0 Å². The molecule has 0 aliphatic carbocycles. The molecule has 78 valence electrons. The van der Waals surface area contributed by atoms with Crippen molar-refractivity contribution in [2.75, 3.05) is 33.6 Å². The van der Waals surface area contributed by atoms with Crippen molar-refractivity contribution in [3.05, 3.63) is 0 Å². The van der Waals surface area contributed by atoms with E-state index in [-0.39, 0.29) is 6.04 Å². The van der Waals surface area contributed by atoms with Gasteiger partial charge < -0.3 is 22.7 Å². The van der Waals surface area contributed by atoms with Crippen LogP contribution in [0.5, 0.6) is 0 Å². The predicted molar refractivity (Wildman–Crippen MR) is 47.6 cm³/mol. The van der Waals surface area contributed by atoms with Crippen LogP contribution in [-0.4, -0.2) is 56.4 Å². The van der Waals surface area contributed by atoms with Gasteiger partial charge in [-0.2, -0.15) is 0 Å². The first-order valence-corrected chi connectivity index (χ1v) is 4.48. The summed E-state index contributed by atoms with van der Waals surface area (Å²) in [5, 5.41) is 0. The van der Waals surface area contributed by atoms with Crippen LogP contribution in [0.4, 0.5) is 12.9 Å². The molecule has 13 heavy (non-hydrogen) atoms. The highest BCUT2D eigenvalue weighted by atomic mass is 19.4. The molecule has 2 nitrogen and oxygen atoms in total. The van der Waals surface area contributed by atoms with Crippen molar-refractivity contribution >= 4 is 6.98 Å². The first-order chi connectivity index (χ1) is 5.88. The lowest BCUT2D eigenvalue weighted by molar-refractivity contribution is 0.271. The van der Waals surface area contributed by atoms with Crippen LogP contribution in [0.1, 0.15) is 6.42 Å². The SMILES string of the molecule is CN(C)C1CCN(C[B-](F)(F)F)C1. The van der Waals surface area contributed by atoms with Crippen molar-refractivity contribution in [3.8, 4) is 0 Å². The van der Waals surface area contributed by atoms with Crippen LogP contribution in [0.15, 0.2) is 0 Å². The molecule has 1 atom stereocenters. The third kappa shape index (κ3) is 3.56. The summed E-state index contributed by atoms with van der Waals surface area (Å²) in [6.07, 6.45) is 0.142. The lowest BCUT2D eigenvalue weighted by atomic mass is 9.91. The predicted octanol–water partition coefficient (Wildman–Crippen LogP) is 1.01. The average molecular weight is 195 g/mol. The molecule has 0 radical (unpaired) electrons. The van der Waals surface area contributed by atoms with Gasteiger partial charge in [-0.05, 0) is 33.5 Å². The minimum atomic E-state index is -4.65. The molecule has 1 aliphatic heterocycles. The van der Waals surface area contributed by atoms with Gasteiger partial charge in [0.15, 0.2) is 0 Å². The number of hydrogen-bond donors (Lipinski definition) is 0. The Labute approximate surface area is 76.7 Å². The second-order valence-electron chi connectivity index (χ2n) is 3.88. The standard InChI is InChI=1S/C7H15BF3N2/c1-12(2)7-3-4-13(5-7)6-8(9,10)11/h7H,3-6H2,1-2H3/q-1. The van der Waals surface area contributed by atoms with Crippen LogP contribution in [0.3, 0.4) is 0 Å². The van der Waals surface area contributed by atoms with Gasteiger partial charge in [0.2, 0.25) is 0 Å². The van der Waals surface area contributed by atoms with Gasteiger partial charge >= 0.3 is 6.98 Å². The van der Waals surface area contributed by atoms with Crippen molar-refractivity contribution in [1.29, 1.82) is 0 Å². The summed E-state index contributed by atoms with van der Waals surface area (Å²) < 4.78 is 36.1. The summed E-state index contributed by atoms with van der Waals surface area (Å²) in [7, 11) is 3.82. The molecule has 0 spiro atoms. The fourth-order valence-electron chi connectivity index (χ4n) is 1.69. The number of rotatable bonds is 3. The summed E-state index contributed by atoms with van der Waals surface area (Å²) in [5.41, 5.74) is 0.